The molecule has 0 aromatic carbocycles. The quantitative estimate of drug-likeness (QED) is 0.431. The van der Waals surface area contributed by atoms with Crippen molar-refractivity contribution in [2.45, 2.75) is 32.7 Å². The van der Waals surface area contributed by atoms with Gasteiger partial charge in [0, 0.05) is 11.7 Å². The second-order valence-corrected chi connectivity index (χ2v) is 4.22. The fraction of sp³-hybridized carbons (Fsp3) is 0.455. The normalized spacial score (nSPS) is 14.9. The average molecular weight is 221 g/mol. The smallest absolute Gasteiger partial charge is 0.271 e. The Morgan fingerprint density at radius 3 is 2.62 bits per heavy atom. The number of carbonyl (C=O) groups excluding carboxylic acids is 1. The zero-order chi connectivity index (χ0) is 11.9. The minimum Gasteiger partial charge on any atom is -0.309 e. The standard InChI is InChI=1S/C11H15N3O2/c1-6-5-7(2)14(8-3-4-8)11(16)9(6)10(15)13-12/h5,8H,3-4,12H2,1-2H3,(H,13,15). The Morgan fingerprint density at radius 2 is 2.12 bits per heavy atom. The van der Waals surface area contributed by atoms with E-state index in [0.717, 1.165) is 18.5 Å². The van der Waals surface area contributed by atoms with E-state index >= 15 is 0 Å². The third-order valence-electron chi connectivity index (χ3n) is 2.90. The predicted molar refractivity (Wildman–Crippen MR) is 60.1 cm³/mol. The molecule has 1 fully saturated rings. The zero-order valence-electron chi connectivity index (χ0n) is 9.41. The largest absolute Gasteiger partial charge is 0.309 e. The molecule has 5 nitrogen and oxygen atoms in total. The van der Waals surface area contributed by atoms with Crippen molar-refractivity contribution >= 4 is 5.91 Å². The van der Waals surface area contributed by atoms with Crippen LogP contribution in [0.15, 0.2) is 10.9 Å². The summed E-state index contributed by atoms with van der Waals surface area (Å²) in [6.07, 6.45) is 2.01. The summed E-state index contributed by atoms with van der Waals surface area (Å²) in [5, 5.41) is 0. The van der Waals surface area contributed by atoms with Crippen LogP contribution in [0.25, 0.3) is 0 Å². The first kappa shape index (κ1) is 10.9. The van der Waals surface area contributed by atoms with Gasteiger partial charge in [-0.3, -0.25) is 15.0 Å². The van der Waals surface area contributed by atoms with E-state index in [1.165, 1.54) is 0 Å². The molecule has 1 aromatic heterocycles. The van der Waals surface area contributed by atoms with Gasteiger partial charge in [-0.15, -0.1) is 0 Å². The summed E-state index contributed by atoms with van der Waals surface area (Å²) < 4.78 is 1.69. The van der Waals surface area contributed by atoms with E-state index in [1.807, 2.05) is 18.4 Å². The van der Waals surface area contributed by atoms with Gasteiger partial charge in [-0.2, -0.15) is 0 Å². The van der Waals surface area contributed by atoms with Gasteiger partial charge in [0.1, 0.15) is 5.56 Å². The minimum absolute atomic E-state index is 0.153. The molecule has 1 aromatic rings. The van der Waals surface area contributed by atoms with Crippen molar-refractivity contribution in [2.24, 2.45) is 5.84 Å². The fourth-order valence-electron chi connectivity index (χ4n) is 2.04. The first-order valence-electron chi connectivity index (χ1n) is 5.30. The van der Waals surface area contributed by atoms with Crippen LogP contribution in [0.3, 0.4) is 0 Å². The molecule has 0 spiro atoms. The van der Waals surface area contributed by atoms with Crippen molar-refractivity contribution in [3.05, 3.63) is 33.2 Å². The number of hydrogen-bond donors (Lipinski definition) is 2. The summed E-state index contributed by atoms with van der Waals surface area (Å²) in [5.74, 6) is 4.56. The van der Waals surface area contributed by atoms with Crippen LogP contribution in [-0.4, -0.2) is 10.5 Å². The third kappa shape index (κ3) is 1.63. The van der Waals surface area contributed by atoms with Crippen molar-refractivity contribution in [1.82, 2.24) is 9.99 Å². The average Bonchev–Trinajstić information content (AvgIpc) is 3.00. The highest BCUT2D eigenvalue weighted by Crippen LogP contribution is 2.34. The third-order valence-corrected chi connectivity index (χ3v) is 2.90. The number of nitrogens with one attached hydrogen (secondary N) is 1. The molecule has 16 heavy (non-hydrogen) atoms. The molecule has 0 unspecified atom stereocenters. The molecular formula is C11H15N3O2. The Morgan fingerprint density at radius 1 is 1.50 bits per heavy atom. The summed E-state index contributed by atoms with van der Waals surface area (Å²) in [7, 11) is 0. The Hall–Kier alpha value is -1.62. The topological polar surface area (TPSA) is 77.1 Å². The highest BCUT2D eigenvalue weighted by atomic mass is 16.2. The number of amides is 1. The van der Waals surface area contributed by atoms with E-state index in [0.29, 0.717) is 5.56 Å². The molecule has 3 N–H and O–H groups in total. The molecule has 0 radical (unpaired) electrons. The predicted octanol–water partition coefficient (Wildman–Crippen LogP) is 0.404. The van der Waals surface area contributed by atoms with Gasteiger partial charge in [0.05, 0.1) is 0 Å². The van der Waals surface area contributed by atoms with E-state index in [2.05, 4.69) is 0 Å². The summed E-state index contributed by atoms with van der Waals surface area (Å²) in [4.78, 5) is 23.7. The molecular weight excluding hydrogens is 206 g/mol. The monoisotopic (exact) mass is 221 g/mol. The highest BCUT2D eigenvalue weighted by Gasteiger charge is 2.28. The molecule has 2 rings (SSSR count). The molecule has 1 amide bonds. The maximum atomic E-state index is 12.1. The summed E-state index contributed by atoms with van der Waals surface area (Å²) >= 11 is 0. The molecule has 1 aliphatic carbocycles. The van der Waals surface area contributed by atoms with Crippen molar-refractivity contribution < 1.29 is 4.79 Å². The van der Waals surface area contributed by atoms with Gasteiger partial charge in [-0.1, -0.05) is 0 Å². The summed E-state index contributed by atoms with van der Waals surface area (Å²) in [5.41, 5.74) is 3.51. The number of nitrogens with zero attached hydrogens (tertiary/aromatic N) is 1. The van der Waals surface area contributed by atoms with Crippen LogP contribution in [-0.2, 0) is 0 Å². The lowest BCUT2D eigenvalue weighted by atomic mass is 10.1. The highest BCUT2D eigenvalue weighted by molar-refractivity contribution is 5.94. The zero-order valence-corrected chi connectivity index (χ0v) is 9.41. The molecule has 5 heteroatoms. The molecule has 0 aliphatic heterocycles. The van der Waals surface area contributed by atoms with Crippen molar-refractivity contribution in [1.29, 1.82) is 0 Å². The molecule has 0 bridgehead atoms. The molecule has 0 atom stereocenters. The number of nitrogen functional groups attached to an aromatic ring is 1. The van der Waals surface area contributed by atoms with Gasteiger partial charge in [0.25, 0.3) is 11.5 Å². The van der Waals surface area contributed by atoms with Crippen molar-refractivity contribution in [3.8, 4) is 0 Å². The number of nitrogens with two attached hydrogens (primary N) is 1. The Balaban J connectivity index is 2.65. The van der Waals surface area contributed by atoms with Gasteiger partial charge in [-0.25, -0.2) is 5.84 Å². The molecule has 86 valence electrons. The second kappa shape index (κ2) is 3.75. The van der Waals surface area contributed by atoms with Gasteiger partial charge in [-0.05, 0) is 38.3 Å². The molecule has 1 saturated carbocycles. The second-order valence-electron chi connectivity index (χ2n) is 4.22. The molecule has 1 heterocycles. The van der Waals surface area contributed by atoms with Crippen LogP contribution in [0.4, 0.5) is 0 Å². The van der Waals surface area contributed by atoms with E-state index in [-0.39, 0.29) is 17.2 Å². The first-order chi connectivity index (χ1) is 7.56. The van der Waals surface area contributed by atoms with Crippen LogP contribution in [0, 0.1) is 13.8 Å². The number of rotatable bonds is 2. The Bertz CT molecular complexity index is 501. The SMILES string of the molecule is Cc1cc(C)n(C2CC2)c(=O)c1C(=O)NN. The maximum absolute atomic E-state index is 12.1. The Kier molecular flexibility index (Phi) is 2.55. The van der Waals surface area contributed by atoms with E-state index in [9.17, 15) is 9.59 Å². The van der Waals surface area contributed by atoms with Gasteiger partial charge >= 0.3 is 0 Å². The van der Waals surface area contributed by atoms with Gasteiger partial charge in [0.15, 0.2) is 0 Å². The van der Waals surface area contributed by atoms with Crippen LogP contribution in [0.2, 0.25) is 0 Å². The lowest BCUT2D eigenvalue weighted by Gasteiger charge is -2.12. The minimum atomic E-state index is -0.517. The number of hydrazine groups is 1. The van der Waals surface area contributed by atoms with Crippen LogP contribution in [0.5, 0.6) is 0 Å². The maximum Gasteiger partial charge on any atom is 0.271 e. The van der Waals surface area contributed by atoms with Gasteiger partial charge in [0.2, 0.25) is 0 Å². The molecule has 1 aliphatic rings. The van der Waals surface area contributed by atoms with Crippen molar-refractivity contribution in [2.75, 3.05) is 0 Å². The number of aryl methyl sites for hydroxylation is 2. The van der Waals surface area contributed by atoms with Crippen LogP contribution >= 0.6 is 0 Å². The Labute approximate surface area is 93.2 Å². The lowest BCUT2D eigenvalue weighted by molar-refractivity contribution is 0.0951. The number of carbonyl (C=O) groups is 1. The number of hydrogen-bond acceptors (Lipinski definition) is 3. The fourth-order valence-corrected chi connectivity index (χ4v) is 2.04. The summed E-state index contributed by atoms with van der Waals surface area (Å²) in [6, 6.07) is 2.11. The molecule has 0 saturated heterocycles. The summed E-state index contributed by atoms with van der Waals surface area (Å²) in [6.45, 7) is 3.63. The van der Waals surface area contributed by atoms with Gasteiger partial charge < -0.3 is 4.57 Å². The first-order valence-corrected chi connectivity index (χ1v) is 5.30. The number of aromatic nitrogens is 1. The lowest BCUT2D eigenvalue weighted by Crippen LogP contribution is -2.38. The van der Waals surface area contributed by atoms with E-state index < -0.39 is 5.91 Å². The van der Waals surface area contributed by atoms with E-state index in [4.69, 9.17) is 5.84 Å². The van der Waals surface area contributed by atoms with E-state index in [1.54, 1.807) is 11.5 Å². The number of pyridine rings is 1. The van der Waals surface area contributed by atoms with Crippen LogP contribution in [0.1, 0.15) is 40.5 Å². The van der Waals surface area contributed by atoms with Crippen LogP contribution < -0.4 is 16.8 Å². The van der Waals surface area contributed by atoms with Crippen molar-refractivity contribution in [3.63, 3.8) is 0 Å².